The SMILES string of the molecule is Cc1cc(CN(C)C(=O)CN)cc(C)c1OCC(F)(F)F.Cl. The molecule has 0 unspecified atom stereocenters. The smallest absolute Gasteiger partial charge is 0.422 e. The number of likely N-dealkylation sites (N-methyl/N-ethyl adjacent to an activating group) is 1. The van der Waals surface area contributed by atoms with Crippen molar-refractivity contribution in [3.05, 3.63) is 28.8 Å². The molecule has 0 fully saturated rings. The normalized spacial score (nSPS) is 10.9. The maximum absolute atomic E-state index is 12.2. The fourth-order valence-corrected chi connectivity index (χ4v) is 2.03. The zero-order chi connectivity index (χ0) is 16.2. The molecule has 0 saturated carbocycles. The first-order chi connectivity index (χ1) is 9.64. The van der Waals surface area contributed by atoms with E-state index in [4.69, 9.17) is 10.5 Å². The number of hydrogen-bond donors (Lipinski definition) is 1. The quantitative estimate of drug-likeness (QED) is 0.896. The molecule has 126 valence electrons. The third-order valence-electron chi connectivity index (χ3n) is 2.92. The summed E-state index contributed by atoms with van der Waals surface area (Å²) < 4.78 is 41.4. The van der Waals surface area contributed by atoms with E-state index in [1.165, 1.54) is 4.90 Å². The van der Waals surface area contributed by atoms with Crippen LogP contribution >= 0.6 is 12.4 Å². The summed E-state index contributed by atoms with van der Waals surface area (Å²) >= 11 is 0. The molecule has 22 heavy (non-hydrogen) atoms. The van der Waals surface area contributed by atoms with Crippen LogP contribution < -0.4 is 10.5 Å². The molecule has 1 aromatic rings. The van der Waals surface area contributed by atoms with E-state index in [0.29, 0.717) is 17.7 Å². The number of nitrogens with two attached hydrogens (primary N) is 1. The Kier molecular flexibility index (Phi) is 7.69. The average Bonchev–Trinajstić information content (AvgIpc) is 2.35. The molecule has 0 aliphatic rings. The van der Waals surface area contributed by atoms with Gasteiger partial charge in [0.05, 0.1) is 6.54 Å². The van der Waals surface area contributed by atoms with Crippen molar-refractivity contribution in [2.45, 2.75) is 26.6 Å². The van der Waals surface area contributed by atoms with E-state index >= 15 is 0 Å². The van der Waals surface area contributed by atoms with Gasteiger partial charge in [0.1, 0.15) is 5.75 Å². The minimum atomic E-state index is -4.37. The number of amides is 1. The van der Waals surface area contributed by atoms with Gasteiger partial charge in [-0.1, -0.05) is 12.1 Å². The van der Waals surface area contributed by atoms with Crippen molar-refractivity contribution in [1.82, 2.24) is 4.90 Å². The van der Waals surface area contributed by atoms with E-state index in [2.05, 4.69) is 0 Å². The molecule has 0 aliphatic heterocycles. The molecule has 0 atom stereocenters. The molecule has 1 amide bonds. The Hall–Kier alpha value is -1.47. The summed E-state index contributed by atoms with van der Waals surface area (Å²) in [4.78, 5) is 12.9. The van der Waals surface area contributed by atoms with Gasteiger partial charge >= 0.3 is 6.18 Å². The van der Waals surface area contributed by atoms with Crippen LogP contribution in [0.1, 0.15) is 16.7 Å². The predicted octanol–water partition coefficient (Wildman–Crippen LogP) is 2.58. The summed E-state index contributed by atoms with van der Waals surface area (Å²) in [6.07, 6.45) is -4.37. The predicted molar refractivity (Wildman–Crippen MR) is 80.2 cm³/mol. The van der Waals surface area contributed by atoms with E-state index < -0.39 is 12.8 Å². The summed E-state index contributed by atoms with van der Waals surface area (Å²) in [5, 5.41) is 0. The first-order valence-corrected chi connectivity index (χ1v) is 6.37. The van der Waals surface area contributed by atoms with Gasteiger partial charge in [-0.25, -0.2) is 0 Å². The van der Waals surface area contributed by atoms with Gasteiger partial charge in [-0.2, -0.15) is 13.2 Å². The van der Waals surface area contributed by atoms with E-state index in [1.54, 1.807) is 33.0 Å². The second kappa shape index (κ2) is 8.24. The number of halogens is 4. The van der Waals surface area contributed by atoms with Gasteiger partial charge in [0.15, 0.2) is 6.61 Å². The topological polar surface area (TPSA) is 55.6 Å². The lowest BCUT2D eigenvalue weighted by atomic mass is 10.1. The van der Waals surface area contributed by atoms with Gasteiger partial charge in [0, 0.05) is 13.6 Å². The number of carbonyl (C=O) groups is 1. The largest absolute Gasteiger partial charge is 0.484 e. The molecule has 0 heterocycles. The molecule has 4 nitrogen and oxygen atoms in total. The third-order valence-corrected chi connectivity index (χ3v) is 2.92. The molecule has 0 aromatic heterocycles. The second-order valence-corrected chi connectivity index (χ2v) is 4.92. The highest BCUT2D eigenvalue weighted by Gasteiger charge is 2.29. The molecule has 2 N–H and O–H groups in total. The lowest BCUT2D eigenvalue weighted by Gasteiger charge is -2.19. The van der Waals surface area contributed by atoms with Gasteiger partial charge < -0.3 is 15.4 Å². The fraction of sp³-hybridized carbons (Fsp3) is 0.500. The van der Waals surface area contributed by atoms with Crippen LogP contribution in [0.2, 0.25) is 0 Å². The monoisotopic (exact) mass is 340 g/mol. The highest BCUT2D eigenvalue weighted by Crippen LogP contribution is 2.27. The van der Waals surface area contributed by atoms with Crippen LogP contribution in [0.4, 0.5) is 13.2 Å². The summed E-state index contributed by atoms with van der Waals surface area (Å²) in [6, 6.07) is 3.41. The summed E-state index contributed by atoms with van der Waals surface area (Å²) in [7, 11) is 1.62. The standard InChI is InChI=1S/C14H19F3N2O2.ClH/c1-9-4-11(7-19(3)12(20)6-18)5-10(2)13(9)21-8-14(15,16)17;/h4-5H,6-8,18H2,1-3H3;1H. The number of hydrogen-bond acceptors (Lipinski definition) is 3. The Morgan fingerprint density at radius 2 is 1.77 bits per heavy atom. The zero-order valence-electron chi connectivity index (χ0n) is 12.7. The van der Waals surface area contributed by atoms with Crippen LogP contribution in [0.3, 0.4) is 0 Å². The minimum absolute atomic E-state index is 0. The molecule has 0 spiro atoms. The summed E-state index contributed by atoms with van der Waals surface area (Å²) in [5.74, 6) is 0.0200. The van der Waals surface area contributed by atoms with Crippen LogP contribution in [0.25, 0.3) is 0 Å². The first kappa shape index (κ1) is 20.5. The molecular formula is C14H20ClF3N2O2. The number of ether oxygens (including phenoxy) is 1. The Bertz CT molecular complexity index is 498. The second-order valence-electron chi connectivity index (χ2n) is 4.92. The molecule has 0 aliphatic carbocycles. The summed E-state index contributed by atoms with van der Waals surface area (Å²) in [5.41, 5.74) is 7.29. The van der Waals surface area contributed by atoms with E-state index in [0.717, 1.165) is 5.56 Å². The Balaban J connectivity index is 0.00000441. The van der Waals surface area contributed by atoms with E-state index in [-0.39, 0.29) is 30.6 Å². The van der Waals surface area contributed by atoms with Crippen LogP contribution in [0.5, 0.6) is 5.75 Å². The highest BCUT2D eigenvalue weighted by atomic mass is 35.5. The maximum Gasteiger partial charge on any atom is 0.422 e. The fourth-order valence-electron chi connectivity index (χ4n) is 2.03. The minimum Gasteiger partial charge on any atom is -0.484 e. The van der Waals surface area contributed by atoms with Gasteiger partial charge in [0.25, 0.3) is 0 Å². The van der Waals surface area contributed by atoms with Gasteiger partial charge in [-0.05, 0) is 30.5 Å². The number of aryl methyl sites for hydroxylation is 2. The van der Waals surface area contributed by atoms with Crippen LogP contribution in [0, 0.1) is 13.8 Å². The Labute approximate surface area is 133 Å². The van der Waals surface area contributed by atoms with Gasteiger partial charge in [0.2, 0.25) is 5.91 Å². The van der Waals surface area contributed by atoms with Gasteiger partial charge in [-0.3, -0.25) is 4.79 Å². The lowest BCUT2D eigenvalue weighted by molar-refractivity contribution is -0.153. The molecule has 0 bridgehead atoms. The lowest BCUT2D eigenvalue weighted by Crippen LogP contribution is -2.32. The van der Waals surface area contributed by atoms with E-state index in [9.17, 15) is 18.0 Å². The summed E-state index contributed by atoms with van der Waals surface area (Å²) in [6.45, 7) is 2.29. The van der Waals surface area contributed by atoms with Gasteiger partial charge in [-0.15, -0.1) is 12.4 Å². The average molecular weight is 341 g/mol. The number of rotatable bonds is 5. The van der Waals surface area contributed by atoms with Crippen molar-refractivity contribution in [3.8, 4) is 5.75 Å². The number of benzene rings is 1. The molecule has 0 saturated heterocycles. The molecular weight excluding hydrogens is 321 g/mol. The molecule has 0 radical (unpaired) electrons. The number of alkyl halides is 3. The van der Waals surface area contributed by atoms with Crippen molar-refractivity contribution in [3.63, 3.8) is 0 Å². The molecule has 1 rings (SSSR count). The molecule has 1 aromatic carbocycles. The van der Waals surface area contributed by atoms with Crippen molar-refractivity contribution in [1.29, 1.82) is 0 Å². The highest BCUT2D eigenvalue weighted by molar-refractivity contribution is 5.85. The van der Waals surface area contributed by atoms with Crippen LogP contribution in [0.15, 0.2) is 12.1 Å². The van der Waals surface area contributed by atoms with Crippen molar-refractivity contribution >= 4 is 18.3 Å². The van der Waals surface area contributed by atoms with Crippen molar-refractivity contribution in [2.75, 3.05) is 20.2 Å². The van der Waals surface area contributed by atoms with Crippen LogP contribution in [-0.4, -0.2) is 37.2 Å². The first-order valence-electron chi connectivity index (χ1n) is 6.37. The zero-order valence-corrected chi connectivity index (χ0v) is 13.5. The van der Waals surface area contributed by atoms with Crippen LogP contribution in [-0.2, 0) is 11.3 Å². The Morgan fingerprint density at radius 1 is 1.27 bits per heavy atom. The van der Waals surface area contributed by atoms with Crippen molar-refractivity contribution in [2.24, 2.45) is 5.73 Å². The van der Waals surface area contributed by atoms with Crippen molar-refractivity contribution < 1.29 is 22.7 Å². The number of carbonyl (C=O) groups excluding carboxylic acids is 1. The molecule has 8 heteroatoms. The number of nitrogens with zero attached hydrogens (tertiary/aromatic N) is 1. The Morgan fingerprint density at radius 3 is 2.18 bits per heavy atom. The third kappa shape index (κ3) is 6.11. The van der Waals surface area contributed by atoms with E-state index in [1.807, 2.05) is 0 Å². The maximum atomic E-state index is 12.2.